The first-order valence-electron chi connectivity index (χ1n) is 19.8. The summed E-state index contributed by atoms with van der Waals surface area (Å²) in [5, 5.41) is 14.5. The summed E-state index contributed by atoms with van der Waals surface area (Å²) < 4.78 is 45.1. The van der Waals surface area contributed by atoms with Crippen molar-refractivity contribution in [2.24, 2.45) is 0 Å². The molecule has 5 aromatic rings. The lowest BCUT2D eigenvalue weighted by molar-refractivity contribution is -0.138. The molecular weight excluding hydrogens is 808 g/mol. The number of hydrogen-bond donors (Lipinski definition) is 3. The number of halogens is 3. The van der Waals surface area contributed by atoms with E-state index in [2.05, 4.69) is 20.5 Å². The Hall–Kier alpha value is -6.19. The number of nitrogens with one attached hydrogen (secondary N) is 2. The maximum Gasteiger partial charge on any atom is 0.416 e. The van der Waals surface area contributed by atoms with Crippen LogP contribution in [0.5, 0.6) is 0 Å². The van der Waals surface area contributed by atoms with E-state index in [0.717, 1.165) is 60.6 Å². The first-order chi connectivity index (χ1) is 29.3. The maximum atomic E-state index is 13.9. The Morgan fingerprint density at radius 2 is 1.56 bits per heavy atom. The maximum absolute atomic E-state index is 13.9. The normalized spacial score (nSPS) is 12.8. The smallest absolute Gasteiger partial charge is 0.416 e. The quantitative estimate of drug-likeness (QED) is 0.0619. The van der Waals surface area contributed by atoms with Gasteiger partial charge in [0.05, 0.1) is 36.6 Å². The summed E-state index contributed by atoms with van der Waals surface area (Å²) >= 11 is 1.52. The number of carbonyl (C=O) groups excluding carboxylic acids is 3. The van der Waals surface area contributed by atoms with Gasteiger partial charge in [0.2, 0.25) is 0 Å². The number of anilines is 2. The third kappa shape index (κ3) is 12.7. The zero-order valence-electron chi connectivity index (χ0n) is 33.5. The number of aliphatic carboxylic acids is 1. The van der Waals surface area contributed by atoms with Gasteiger partial charge < -0.3 is 30.3 Å². The second-order valence-electron chi connectivity index (χ2n) is 14.5. The van der Waals surface area contributed by atoms with Gasteiger partial charge >= 0.3 is 12.1 Å². The third-order valence-electron chi connectivity index (χ3n) is 10.0. The fraction of sp³-hybridized carbons (Fsp3) is 0.283. The van der Waals surface area contributed by atoms with Gasteiger partial charge in [-0.3, -0.25) is 24.2 Å². The van der Waals surface area contributed by atoms with Crippen LogP contribution in [-0.2, 0) is 28.0 Å². The monoisotopic (exact) mass is 853 g/mol. The number of carbonyl (C=O) groups is 4. The fourth-order valence-electron chi connectivity index (χ4n) is 6.73. The zero-order chi connectivity index (χ0) is 43.4. The van der Waals surface area contributed by atoms with E-state index >= 15 is 0 Å². The van der Waals surface area contributed by atoms with E-state index in [0.29, 0.717) is 45.9 Å². The summed E-state index contributed by atoms with van der Waals surface area (Å²) in [4.78, 5) is 60.1. The van der Waals surface area contributed by atoms with Crippen molar-refractivity contribution in [1.29, 1.82) is 0 Å². The summed E-state index contributed by atoms with van der Waals surface area (Å²) in [5.74, 6) is -1.45. The van der Waals surface area contributed by atoms with Crippen molar-refractivity contribution in [3.63, 3.8) is 0 Å². The van der Waals surface area contributed by atoms with Crippen LogP contribution >= 0.6 is 11.8 Å². The van der Waals surface area contributed by atoms with E-state index in [-0.39, 0.29) is 43.6 Å². The lowest BCUT2D eigenvalue weighted by Crippen LogP contribution is -2.30. The molecule has 61 heavy (non-hydrogen) atoms. The summed E-state index contributed by atoms with van der Waals surface area (Å²) in [6.07, 6.45) is 0.140. The number of aromatic nitrogens is 1. The number of piperidine rings is 1. The van der Waals surface area contributed by atoms with Crippen LogP contribution in [0.3, 0.4) is 0 Å². The van der Waals surface area contributed by atoms with Crippen LogP contribution in [0.25, 0.3) is 11.3 Å². The average Bonchev–Trinajstić information content (AvgIpc) is 3.27. The molecule has 1 aliphatic heterocycles. The molecule has 1 fully saturated rings. The van der Waals surface area contributed by atoms with Gasteiger partial charge in [0.1, 0.15) is 0 Å². The molecule has 1 aromatic heterocycles. The van der Waals surface area contributed by atoms with Crippen LogP contribution in [0.15, 0.2) is 114 Å². The molecule has 3 N–H and O–H groups in total. The molecule has 0 unspecified atom stereocenters. The lowest BCUT2D eigenvalue weighted by atomic mass is 10.0. The number of ether oxygens (including phenoxy) is 1. The van der Waals surface area contributed by atoms with Gasteiger partial charge in [-0.15, -0.1) is 11.8 Å². The fourth-order valence-corrected chi connectivity index (χ4v) is 7.63. The summed E-state index contributed by atoms with van der Waals surface area (Å²) in [7, 11) is 1.66. The van der Waals surface area contributed by atoms with E-state index in [1.54, 1.807) is 25.2 Å². The standard InChI is InChI=1S/C46H46F3N5O6S/c1-53(21-23-60-22-17-42(55)56)45(59)35-11-7-13-38(26-35)61-30-32-9-5-10-33(24-32)44(58)52-40-15-14-37(54-19-3-2-4-20-54)28-39(40)41-27-34(16-18-50-41)43(57)51-29-31-8-6-12-36(25-31)46(47,48)49/h5-16,18,24-28H,2-4,17,19-23,29-30H2,1H3,(H,51,57)(H,52,58)(H,55,56). The molecule has 15 heteroatoms. The van der Waals surface area contributed by atoms with Crippen molar-refractivity contribution in [3.8, 4) is 11.3 Å². The Kier molecular flexibility index (Phi) is 15.2. The topological polar surface area (TPSA) is 141 Å². The molecule has 6 rings (SSSR count). The van der Waals surface area contributed by atoms with Crippen molar-refractivity contribution in [3.05, 3.63) is 143 Å². The Labute approximate surface area is 356 Å². The van der Waals surface area contributed by atoms with Crippen LogP contribution in [0.2, 0.25) is 0 Å². The minimum atomic E-state index is -4.50. The number of likely N-dealkylation sites (N-methyl/N-ethyl adjacent to an activating group) is 1. The molecule has 1 saturated heterocycles. The minimum absolute atomic E-state index is 0.0775. The Morgan fingerprint density at radius 3 is 2.34 bits per heavy atom. The SMILES string of the molecule is CN(CCOCCC(=O)O)C(=O)c1cccc(SCc2cccc(C(=O)Nc3ccc(N4CCCCC4)cc3-c3cc(C(=O)NCc4cccc(C(F)(F)F)c4)ccn3)c2)c1. The highest BCUT2D eigenvalue weighted by molar-refractivity contribution is 7.98. The number of nitrogens with zero attached hydrogens (tertiary/aromatic N) is 3. The van der Waals surface area contributed by atoms with Crippen molar-refractivity contribution < 1.29 is 42.2 Å². The number of rotatable bonds is 17. The lowest BCUT2D eigenvalue weighted by Gasteiger charge is -2.29. The summed E-state index contributed by atoms with van der Waals surface area (Å²) in [6, 6.07) is 28.2. The van der Waals surface area contributed by atoms with Gasteiger partial charge in [-0.25, -0.2) is 0 Å². The predicted molar refractivity (Wildman–Crippen MR) is 229 cm³/mol. The summed E-state index contributed by atoms with van der Waals surface area (Å²) in [5.41, 5.74) is 4.05. The van der Waals surface area contributed by atoms with Gasteiger partial charge in [0, 0.05) is 78.0 Å². The van der Waals surface area contributed by atoms with E-state index in [1.807, 2.05) is 54.6 Å². The minimum Gasteiger partial charge on any atom is -0.481 e. The van der Waals surface area contributed by atoms with Crippen molar-refractivity contribution in [1.82, 2.24) is 15.2 Å². The highest BCUT2D eigenvalue weighted by Gasteiger charge is 2.30. The molecule has 0 spiro atoms. The molecule has 11 nitrogen and oxygen atoms in total. The second kappa shape index (κ2) is 20.9. The number of pyridine rings is 1. The zero-order valence-corrected chi connectivity index (χ0v) is 34.4. The van der Waals surface area contributed by atoms with E-state index in [4.69, 9.17) is 9.84 Å². The third-order valence-corrected chi connectivity index (χ3v) is 11.1. The molecule has 0 bridgehead atoms. The van der Waals surface area contributed by atoms with Gasteiger partial charge in [0.15, 0.2) is 0 Å². The molecule has 0 saturated carbocycles. The van der Waals surface area contributed by atoms with Crippen molar-refractivity contribution >= 4 is 46.8 Å². The number of hydrogen-bond acceptors (Lipinski definition) is 8. The molecule has 0 radical (unpaired) electrons. The summed E-state index contributed by atoms with van der Waals surface area (Å²) in [6.45, 7) is 2.26. The Morgan fingerprint density at radius 1 is 0.820 bits per heavy atom. The van der Waals surface area contributed by atoms with E-state index in [1.165, 1.54) is 41.1 Å². The number of carboxylic acid groups (broad SMARTS) is 1. The van der Waals surface area contributed by atoms with Crippen LogP contribution in [0.4, 0.5) is 24.5 Å². The van der Waals surface area contributed by atoms with Crippen LogP contribution in [0.1, 0.15) is 73.4 Å². The number of benzene rings is 4. The van der Waals surface area contributed by atoms with Crippen LogP contribution in [0, 0.1) is 0 Å². The van der Waals surface area contributed by atoms with Crippen LogP contribution in [-0.4, -0.2) is 78.6 Å². The molecular formula is C46H46F3N5O6S. The predicted octanol–water partition coefficient (Wildman–Crippen LogP) is 8.80. The molecule has 4 aromatic carbocycles. The van der Waals surface area contributed by atoms with E-state index < -0.39 is 23.6 Å². The average molecular weight is 854 g/mol. The molecule has 0 atom stereocenters. The second-order valence-corrected chi connectivity index (χ2v) is 15.6. The first kappa shape index (κ1) is 44.4. The van der Waals surface area contributed by atoms with Crippen molar-refractivity contribution in [2.45, 2.75) is 49.1 Å². The first-order valence-corrected chi connectivity index (χ1v) is 20.8. The Balaban J connectivity index is 1.14. The van der Waals surface area contributed by atoms with Gasteiger partial charge in [-0.2, -0.15) is 13.2 Å². The Bertz CT molecular complexity index is 2350. The molecule has 0 aliphatic carbocycles. The van der Waals surface area contributed by atoms with Crippen LogP contribution < -0.4 is 15.5 Å². The number of carboxylic acids is 1. The van der Waals surface area contributed by atoms with E-state index in [9.17, 15) is 32.3 Å². The van der Waals surface area contributed by atoms with Gasteiger partial charge in [-0.05, 0) is 103 Å². The molecule has 3 amide bonds. The number of amides is 3. The largest absolute Gasteiger partial charge is 0.481 e. The molecule has 318 valence electrons. The van der Waals surface area contributed by atoms with Crippen molar-refractivity contribution in [2.75, 3.05) is 50.1 Å². The number of alkyl halides is 3. The van der Waals surface area contributed by atoms with Gasteiger partial charge in [-0.1, -0.05) is 30.3 Å². The molecule has 1 aliphatic rings. The van der Waals surface area contributed by atoms with Gasteiger partial charge in [0.25, 0.3) is 17.7 Å². The molecule has 2 heterocycles. The highest BCUT2D eigenvalue weighted by atomic mass is 32.2. The number of thioether (sulfide) groups is 1. The highest BCUT2D eigenvalue weighted by Crippen LogP contribution is 2.34.